The molecule has 2 aromatic heterocycles. The van der Waals surface area contributed by atoms with E-state index in [0.717, 1.165) is 17.0 Å². The van der Waals surface area contributed by atoms with Crippen LogP contribution >= 0.6 is 11.3 Å². The van der Waals surface area contributed by atoms with E-state index in [1.807, 2.05) is 6.92 Å². The van der Waals surface area contributed by atoms with E-state index in [1.54, 1.807) is 19.1 Å². The molecule has 8 nitrogen and oxygen atoms in total. The Morgan fingerprint density at radius 3 is 2.88 bits per heavy atom. The second-order valence-electron chi connectivity index (χ2n) is 5.15. The summed E-state index contributed by atoms with van der Waals surface area (Å²) >= 11 is 1.33. The van der Waals surface area contributed by atoms with Crippen LogP contribution in [0.3, 0.4) is 0 Å². The first-order valence-electron chi connectivity index (χ1n) is 7.24. The first kappa shape index (κ1) is 16.1. The van der Waals surface area contributed by atoms with Gasteiger partial charge < -0.3 is 4.74 Å². The number of rotatable bonds is 5. The van der Waals surface area contributed by atoms with E-state index in [-0.39, 0.29) is 23.6 Å². The molecule has 0 amide bonds. The highest BCUT2D eigenvalue weighted by atomic mass is 32.1. The number of hydrogen-bond acceptors (Lipinski definition) is 7. The minimum absolute atomic E-state index is 0.0327. The molecule has 0 radical (unpaired) electrons. The summed E-state index contributed by atoms with van der Waals surface area (Å²) in [5.41, 5.74) is 0.761. The van der Waals surface area contributed by atoms with Crippen molar-refractivity contribution in [3.8, 4) is 5.75 Å². The first-order chi connectivity index (χ1) is 11.5. The summed E-state index contributed by atoms with van der Waals surface area (Å²) in [6.45, 7) is 3.68. The number of nitro groups is 1. The van der Waals surface area contributed by atoms with Gasteiger partial charge in [0.05, 0.1) is 10.6 Å². The summed E-state index contributed by atoms with van der Waals surface area (Å²) in [4.78, 5) is 27.5. The van der Waals surface area contributed by atoms with Gasteiger partial charge in [0, 0.05) is 12.1 Å². The van der Waals surface area contributed by atoms with Crippen LogP contribution in [0.4, 0.5) is 5.69 Å². The van der Waals surface area contributed by atoms with E-state index < -0.39 is 4.92 Å². The van der Waals surface area contributed by atoms with Crippen LogP contribution < -0.4 is 10.3 Å². The van der Waals surface area contributed by atoms with Gasteiger partial charge in [0.25, 0.3) is 5.56 Å². The van der Waals surface area contributed by atoms with E-state index in [1.165, 1.54) is 28.0 Å². The third-order valence-electron chi connectivity index (χ3n) is 3.33. The van der Waals surface area contributed by atoms with Crippen molar-refractivity contribution >= 4 is 22.0 Å². The molecule has 3 aromatic rings. The molecule has 0 N–H and O–H groups in total. The SMILES string of the molecule is CCc1nn2c(=O)cc(COc3ccc(C)cc3[N+](=O)[O-])nc2s1. The average molecular weight is 346 g/mol. The molecule has 3 rings (SSSR count). The monoisotopic (exact) mass is 346 g/mol. The number of fused-ring (bicyclic) bond motifs is 1. The molecule has 0 fully saturated rings. The highest BCUT2D eigenvalue weighted by Crippen LogP contribution is 2.28. The molecule has 2 heterocycles. The van der Waals surface area contributed by atoms with Crippen LogP contribution in [0.2, 0.25) is 0 Å². The molecule has 0 aliphatic carbocycles. The third kappa shape index (κ3) is 3.11. The van der Waals surface area contributed by atoms with Gasteiger partial charge in [-0.25, -0.2) is 4.98 Å². The summed E-state index contributed by atoms with van der Waals surface area (Å²) in [6, 6.07) is 6.04. The number of benzene rings is 1. The normalized spacial score (nSPS) is 10.9. The Morgan fingerprint density at radius 1 is 1.38 bits per heavy atom. The smallest absolute Gasteiger partial charge is 0.311 e. The molecule has 24 heavy (non-hydrogen) atoms. The summed E-state index contributed by atoms with van der Waals surface area (Å²) in [7, 11) is 0. The first-order valence-corrected chi connectivity index (χ1v) is 8.06. The topological polar surface area (TPSA) is 99.6 Å². The van der Waals surface area contributed by atoms with Crippen molar-refractivity contribution in [1.82, 2.24) is 14.6 Å². The van der Waals surface area contributed by atoms with Gasteiger partial charge in [-0.3, -0.25) is 14.9 Å². The largest absolute Gasteiger partial charge is 0.480 e. The molecule has 1 aromatic carbocycles. The lowest BCUT2D eigenvalue weighted by Gasteiger charge is -2.06. The van der Waals surface area contributed by atoms with Crippen LogP contribution in [0.5, 0.6) is 5.75 Å². The fourth-order valence-electron chi connectivity index (χ4n) is 2.16. The van der Waals surface area contributed by atoms with E-state index in [2.05, 4.69) is 10.1 Å². The molecule has 0 aliphatic rings. The zero-order valence-electron chi connectivity index (χ0n) is 13.1. The molecule has 9 heteroatoms. The quantitative estimate of drug-likeness (QED) is 0.520. The summed E-state index contributed by atoms with van der Waals surface area (Å²) in [5, 5.41) is 16.1. The van der Waals surface area contributed by atoms with Crippen LogP contribution in [0.15, 0.2) is 29.1 Å². The van der Waals surface area contributed by atoms with E-state index in [9.17, 15) is 14.9 Å². The molecule has 0 saturated heterocycles. The lowest BCUT2D eigenvalue weighted by molar-refractivity contribution is -0.386. The van der Waals surface area contributed by atoms with Gasteiger partial charge in [0.1, 0.15) is 11.6 Å². The number of nitro benzene ring substituents is 1. The third-order valence-corrected chi connectivity index (χ3v) is 4.38. The van der Waals surface area contributed by atoms with Gasteiger partial charge >= 0.3 is 5.69 Å². The average Bonchev–Trinajstić information content (AvgIpc) is 2.97. The van der Waals surface area contributed by atoms with E-state index >= 15 is 0 Å². The highest BCUT2D eigenvalue weighted by Gasteiger charge is 2.16. The molecular weight excluding hydrogens is 332 g/mol. The Hall–Kier alpha value is -2.81. The maximum Gasteiger partial charge on any atom is 0.311 e. The Balaban J connectivity index is 1.88. The van der Waals surface area contributed by atoms with Gasteiger partial charge in [-0.2, -0.15) is 9.61 Å². The predicted molar refractivity (Wildman–Crippen MR) is 88.7 cm³/mol. The lowest BCUT2D eigenvalue weighted by atomic mass is 10.2. The van der Waals surface area contributed by atoms with Crippen molar-refractivity contribution in [2.24, 2.45) is 0 Å². The van der Waals surface area contributed by atoms with E-state index in [0.29, 0.717) is 10.7 Å². The Bertz CT molecular complexity index is 979. The summed E-state index contributed by atoms with van der Waals surface area (Å²) in [5.74, 6) is 0.145. The number of nitrogens with zero attached hydrogens (tertiary/aromatic N) is 4. The number of hydrogen-bond donors (Lipinski definition) is 0. The minimum Gasteiger partial charge on any atom is -0.480 e. The lowest BCUT2D eigenvalue weighted by Crippen LogP contribution is -2.16. The predicted octanol–water partition coefficient (Wildman–Crippen LogP) is 2.51. The Labute approximate surface area is 140 Å². The van der Waals surface area contributed by atoms with Crippen molar-refractivity contribution in [3.63, 3.8) is 0 Å². The maximum absolute atomic E-state index is 12.1. The van der Waals surface area contributed by atoms with Gasteiger partial charge in [0.15, 0.2) is 5.75 Å². The van der Waals surface area contributed by atoms with Crippen molar-refractivity contribution in [3.05, 3.63) is 61.0 Å². The standard InChI is InChI=1S/C15H14N4O4S/c1-3-13-17-18-14(20)7-10(16-15(18)24-13)8-23-12-5-4-9(2)6-11(12)19(21)22/h4-7H,3,8H2,1-2H3. The van der Waals surface area contributed by atoms with Gasteiger partial charge in [0.2, 0.25) is 4.96 Å². The van der Waals surface area contributed by atoms with Crippen LogP contribution in [-0.2, 0) is 13.0 Å². The Morgan fingerprint density at radius 2 is 2.17 bits per heavy atom. The minimum atomic E-state index is -0.495. The number of aromatic nitrogens is 3. The van der Waals surface area contributed by atoms with E-state index in [4.69, 9.17) is 4.74 Å². The summed E-state index contributed by atoms with van der Waals surface area (Å²) < 4.78 is 6.76. The number of aryl methyl sites for hydroxylation is 2. The molecular formula is C15H14N4O4S. The van der Waals surface area contributed by atoms with Crippen molar-refractivity contribution in [1.29, 1.82) is 0 Å². The van der Waals surface area contributed by atoms with Crippen molar-refractivity contribution in [2.75, 3.05) is 0 Å². The molecule has 0 atom stereocenters. The maximum atomic E-state index is 12.1. The molecule has 0 spiro atoms. The summed E-state index contributed by atoms with van der Waals surface area (Å²) in [6.07, 6.45) is 0.717. The van der Waals surface area contributed by atoms with Crippen LogP contribution in [0, 0.1) is 17.0 Å². The van der Waals surface area contributed by atoms with Crippen molar-refractivity contribution in [2.45, 2.75) is 26.9 Å². The molecule has 0 bridgehead atoms. The fraction of sp³-hybridized carbons (Fsp3) is 0.267. The number of ether oxygens (including phenoxy) is 1. The van der Waals surface area contributed by atoms with Crippen LogP contribution in [-0.4, -0.2) is 19.5 Å². The molecule has 0 unspecified atom stereocenters. The molecule has 124 valence electrons. The fourth-order valence-corrected chi connectivity index (χ4v) is 3.01. The highest BCUT2D eigenvalue weighted by molar-refractivity contribution is 7.16. The molecule has 0 saturated carbocycles. The van der Waals surface area contributed by atoms with Crippen LogP contribution in [0.25, 0.3) is 4.96 Å². The molecule has 0 aliphatic heterocycles. The van der Waals surface area contributed by atoms with Crippen LogP contribution in [0.1, 0.15) is 23.2 Å². The second kappa shape index (κ2) is 6.36. The van der Waals surface area contributed by atoms with Crippen molar-refractivity contribution < 1.29 is 9.66 Å². The Kier molecular flexibility index (Phi) is 4.26. The van der Waals surface area contributed by atoms with Gasteiger partial charge in [-0.05, 0) is 25.0 Å². The van der Waals surface area contributed by atoms with Gasteiger partial charge in [-0.1, -0.05) is 24.3 Å². The second-order valence-corrected chi connectivity index (χ2v) is 6.19. The zero-order valence-corrected chi connectivity index (χ0v) is 13.9. The zero-order chi connectivity index (χ0) is 17.3. The van der Waals surface area contributed by atoms with Gasteiger partial charge in [-0.15, -0.1) is 0 Å².